The molecule has 0 radical (unpaired) electrons. The SMILES string of the molecule is NC1CCC(CNC(=O)CCC2CCCC2)CC1. The van der Waals surface area contributed by atoms with Gasteiger partial charge in [-0.2, -0.15) is 0 Å². The zero-order valence-corrected chi connectivity index (χ0v) is 11.5. The summed E-state index contributed by atoms with van der Waals surface area (Å²) in [5.74, 6) is 1.75. The van der Waals surface area contributed by atoms with Gasteiger partial charge in [-0.25, -0.2) is 0 Å². The molecule has 3 heteroatoms. The molecular formula is C15H28N2O. The number of hydrogen-bond donors (Lipinski definition) is 2. The zero-order valence-electron chi connectivity index (χ0n) is 11.5. The van der Waals surface area contributed by atoms with Crippen molar-refractivity contribution >= 4 is 5.91 Å². The average Bonchev–Trinajstić information content (AvgIpc) is 2.89. The van der Waals surface area contributed by atoms with Gasteiger partial charge in [0.05, 0.1) is 0 Å². The molecule has 2 aliphatic rings. The smallest absolute Gasteiger partial charge is 0.220 e. The van der Waals surface area contributed by atoms with Crippen LogP contribution in [0.5, 0.6) is 0 Å². The number of carbonyl (C=O) groups excluding carboxylic acids is 1. The Kier molecular flexibility index (Phi) is 5.48. The largest absolute Gasteiger partial charge is 0.356 e. The molecule has 2 rings (SSSR count). The number of rotatable bonds is 5. The first-order chi connectivity index (χ1) is 8.74. The van der Waals surface area contributed by atoms with Crippen molar-refractivity contribution < 1.29 is 4.79 Å². The summed E-state index contributed by atoms with van der Waals surface area (Å²) in [5, 5.41) is 3.11. The van der Waals surface area contributed by atoms with E-state index in [0.717, 1.165) is 38.1 Å². The van der Waals surface area contributed by atoms with Crippen LogP contribution in [0, 0.1) is 11.8 Å². The predicted octanol–water partition coefficient (Wildman–Crippen LogP) is 2.59. The third-order valence-corrected chi connectivity index (χ3v) is 4.73. The van der Waals surface area contributed by atoms with Gasteiger partial charge in [-0.15, -0.1) is 0 Å². The molecule has 0 aromatic rings. The first kappa shape index (κ1) is 13.9. The van der Waals surface area contributed by atoms with Crippen molar-refractivity contribution in [2.75, 3.05) is 6.54 Å². The molecular weight excluding hydrogens is 224 g/mol. The van der Waals surface area contributed by atoms with Gasteiger partial charge in [-0.05, 0) is 43.9 Å². The number of carbonyl (C=O) groups is 1. The summed E-state index contributed by atoms with van der Waals surface area (Å²) < 4.78 is 0. The molecule has 0 atom stereocenters. The fourth-order valence-corrected chi connectivity index (χ4v) is 3.37. The molecule has 0 aliphatic heterocycles. The minimum Gasteiger partial charge on any atom is -0.356 e. The Hall–Kier alpha value is -0.570. The van der Waals surface area contributed by atoms with Crippen LogP contribution in [0.1, 0.15) is 64.2 Å². The van der Waals surface area contributed by atoms with Crippen LogP contribution < -0.4 is 11.1 Å². The number of amides is 1. The summed E-state index contributed by atoms with van der Waals surface area (Å²) in [6.07, 6.45) is 11.9. The fraction of sp³-hybridized carbons (Fsp3) is 0.933. The van der Waals surface area contributed by atoms with E-state index in [1.54, 1.807) is 0 Å². The van der Waals surface area contributed by atoms with E-state index in [-0.39, 0.29) is 5.91 Å². The van der Waals surface area contributed by atoms with Gasteiger partial charge in [-0.1, -0.05) is 25.7 Å². The number of nitrogens with one attached hydrogen (secondary N) is 1. The molecule has 2 saturated carbocycles. The van der Waals surface area contributed by atoms with Crippen molar-refractivity contribution in [3.8, 4) is 0 Å². The molecule has 3 nitrogen and oxygen atoms in total. The minimum atomic E-state index is 0.261. The number of hydrogen-bond acceptors (Lipinski definition) is 2. The van der Waals surface area contributed by atoms with Gasteiger partial charge in [0.15, 0.2) is 0 Å². The molecule has 0 aromatic carbocycles. The molecule has 104 valence electrons. The third kappa shape index (κ3) is 4.60. The lowest BCUT2D eigenvalue weighted by Crippen LogP contribution is -2.34. The summed E-state index contributed by atoms with van der Waals surface area (Å²) >= 11 is 0. The van der Waals surface area contributed by atoms with Crippen LogP contribution in [0.3, 0.4) is 0 Å². The van der Waals surface area contributed by atoms with Crippen molar-refractivity contribution in [1.29, 1.82) is 0 Å². The quantitative estimate of drug-likeness (QED) is 0.790. The van der Waals surface area contributed by atoms with Crippen LogP contribution in [-0.2, 0) is 4.79 Å². The summed E-state index contributed by atoms with van der Waals surface area (Å²) in [6, 6.07) is 0.402. The van der Waals surface area contributed by atoms with Crippen molar-refractivity contribution in [2.45, 2.75) is 70.3 Å². The van der Waals surface area contributed by atoms with Crippen molar-refractivity contribution in [3.05, 3.63) is 0 Å². The highest BCUT2D eigenvalue weighted by molar-refractivity contribution is 5.75. The standard InChI is InChI=1S/C15H28N2O/c16-14-8-5-13(6-9-14)11-17-15(18)10-7-12-3-1-2-4-12/h12-14H,1-11,16H2,(H,17,18). The van der Waals surface area contributed by atoms with Gasteiger partial charge >= 0.3 is 0 Å². The molecule has 2 aliphatic carbocycles. The zero-order chi connectivity index (χ0) is 12.8. The molecule has 0 bridgehead atoms. The Balaban J connectivity index is 1.54. The van der Waals surface area contributed by atoms with Gasteiger partial charge in [0.25, 0.3) is 0 Å². The first-order valence-corrected chi connectivity index (χ1v) is 7.76. The van der Waals surface area contributed by atoms with Gasteiger partial charge in [-0.3, -0.25) is 4.79 Å². The highest BCUT2D eigenvalue weighted by atomic mass is 16.1. The lowest BCUT2D eigenvalue weighted by molar-refractivity contribution is -0.121. The summed E-state index contributed by atoms with van der Waals surface area (Å²) in [5.41, 5.74) is 5.88. The van der Waals surface area contributed by atoms with Gasteiger partial charge in [0.1, 0.15) is 0 Å². The van der Waals surface area contributed by atoms with E-state index in [0.29, 0.717) is 12.0 Å². The molecule has 2 fully saturated rings. The topological polar surface area (TPSA) is 55.1 Å². The Morgan fingerprint density at radius 1 is 1.00 bits per heavy atom. The van der Waals surface area contributed by atoms with E-state index in [9.17, 15) is 4.79 Å². The second kappa shape index (κ2) is 7.13. The fourth-order valence-electron chi connectivity index (χ4n) is 3.37. The van der Waals surface area contributed by atoms with E-state index in [2.05, 4.69) is 5.32 Å². The summed E-state index contributed by atoms with van der Waals surface area (Å²) in [6.45, 7) is 0.871. The molecule has 0 spiro atoms. The van der Waals surface area contributed by atoms with E-state index in [1.165, 1.54) is 38.5 Å². The van der Waals surface area contributed by atoms with Crippen LogP contribution in [0.4, 0.5) is 0 Å². The van der Waals surface area contributed by atoms with Crippen LogP contribution in [-0.4, -0.2) is 18.5 Å². The maximum Gasteiger partial charge on any atom is 0.220 e. The van der Waals surface area contributed by atoms with E-state index < -0.39 is 0 Å². The predicted molar refractivity (Wildman–Crippen MR) is 74.1 cm³/mol. The Labute approximate surface area is 111 Å². The van der Waals surface area contributed by atoms with Gasteiger partial charge in [0, 0.05) is 19.0 Å². The molecule has 0 heterocycles. The molecule has 18 heavy (non-hydrogen) atoms. The highest BCUT2D eigenvalue weighted by Crippen LogP contribution is 2.28. The molecule has 0 aromatic heterocycles. The maximum absolute atomic E-state index is 11.8. The van der Waals surface area contributed by atoms with Crippen molar-refractivity contribution in [1.82, 2.24) is 5.32 Å². The second-order valence-electron chi connectivity index (χ2n) is 6.27. The van der Waals surface area contributed by atoms with E-state index >= 15 is 0 Å². The third-order valence-electron chi connectivity index (χ3n) is 4.73. The Morgan fingerprint density at radius 2 is 1.67 bits per heavy atom. The van der Waals surface area contributed by atoms with E-state index in [1.807, 2.05) is 0 Å². The van der Waals surface area contributed by atoms with Gasteiger partial charge in [0.2, 0.25) is 5.91 Å². The van der Waals surface area contributed by atoms with Crippen LogP contribution >= 0.6 is 0 Å². The molecule has 1 amide bonds. The maximum atomic E-state index is 11.8. The highest BCUT2D eigenvalue weighted by Gasteiger charge is 2.19. The molecule has 0 saturated heterocycles. The second-order valence-corrected chi connectivity index (χ2v) is 6.27. The lowest BCUT2D eigenvalue weighted by atomic mass is 9.86. The van der Waals surface area contributed by atoms with Crippen molar-refractivity contribution in [3.63, 3.8) is 0 Å². The minimum absolute atomic E-state index is 0.261. The summed E-state index contributed by atoms with van der Waals surface area (Å²) in [4.78, 5) is 11.8. The summed E-state index contributed by atoms with van der Waals surface area (Å²) in [7, 11) is 0. The van der Waals surface area contributed by atoms with Crippen LogP contribution in [0.15, 0.2) is 0 Å². The van der Waals surface area contributed by atoms with Gasteiger partial charge < -0.3 is 11.1 Å². The monoisotopic (exact) mass is 252 g/mol. The van der Waals surface area contributed by atoms with Crippen LogP contribution in [0.25, 0.3) is 0 Å². The number of nitrogens with two attached hydrogens (primary N) is 1. The van der Waals surface area contributed by atoms with Crippen LogP contribution in [0.2, 0.25) is 0 Å². The lowest BCUT2D eigenvalue weighted by Gasteiger charge is -2.26. The average molecular weight is 252 g/mol. The van der Waals surface area contributed by atoms with E-state index in [4.69, 9.17) is 5.73 Å². The molecule has 3 N–H and O–H groups in total. The first-order valence-electron chi connectivity index (χ1n) is 7.76. The normalized spacial score (nSPS) is 29.4. The Morgan fingerprint density at radius 3 is 2.33 bits per heavy atom. The van der Waals surface area contributed by atoms with Crippen molar-refractivity contribution in [2.24, 2.45) is 17.6 Å². The Bertz CT molecular complexity index is 253. The molecule has 0 unspecified atom stereocenters.